The van der Waals surface area contributed by atoms with Crippen LogP contribution in [0.2, 0.25) is 0 Å². The van der Waals surface area contributed by atoms with Crippen molar-refractivity contribution in [3.05, 3.63) is 59.4 Å². The summed E-state index contributed by atoms with van der Waals surface area (Å²) in [6, 6.07) is 10.1. The van der Waals surface area contributed by atoms with Crippen molar-refractivity contribution in [3.63, 3.8) is 0 Å². The molecule has 0 unspecified atom stereocenters. The van der Waals surface area contributed by atoms with Gasteiger partial charge in [-0.3, -0.25) is 9.78 Å². The van der Waals surface area contributed by atoms with Crippen molar-refractivity contribution in [1.29, 1.82) is 0 Å². The SMILES string of the molecule is CCCCNC(=O)[C@H](C)C[C@H](O)[C@@H](N)C[C@H](Cc1ccc(C(C)(C)C)c(OCc2ccncc2)c1)C(C)C.Cl. The lowest BCUT2D eigenvalue weighted by molar-refractivity contribution is -0.125. The molecule has 0 aliphatic carbocycles. The van der Waals surface area contributed by atoms with E-state index in [1.807, 2.05) is 19.1 Å². The highest BCUT2D eigenvalue weighted by atomic mass is 35.5. The minimum Gasteiger partial charge on any atom is -0.489 e. The fraction of sp³-hybridized carbons (Fsp3) is 0.625. The van der Waals surface area contributed by atoms with E-state index in [2.05, 4.69) is 70.0 Å². The molecule has 1 aromatic carbocycles. The summed E-state index contributed by atoms with van der Waals surface area (Å²) in [5.74, 6) is 1.31. The van der Waals surface area contributed by atoms with Crippen LogP contribution in [0.25, 0.3) is 0 Å². The third-order valence-electron chi connectivity index (χ3n) is 7.38. The summed E-state index contributed by atoms with van der Waals surface area (Å²) in [4.78, 5) is 16.4. The van der Waals surface area contributed by atoms with Crippen molar-refractivity contribution in [3.8, 4) is 5.75 Å². The van der Waals surface area contributed by atoms with Crippen LogP contribution < -0.4 is 15.8 Å². The lowest BCUT2D eigenvalue weighted by atomic mass is 9.81. The highest BCUT2D eigenvalue weighted by Gasteiger charge is 2.26. The Bertz CT molecular complexity index is 978. The van der Waals surface area contributed by atoms with E-state index < -0.39 is 6.10 Å². The molecule has 0 aliphatic heterocycles. The Morgan fingerprint density at radius 2 is 1.74 bits per heavy atom. The molecule has 0 saturated carbocycles. The van der Waals surface area contributed by atoms with Crippen LogP contribution in [-0.4, -0.2) is 34.7 Å². The molecule has 1 aromatic heterocycles. The van der Waals surface area contributed by atoms with Crippen molar-refractivity contribution >= 4 is 18.3 Å². The van der Waals surface area contributed by atoms with Crippen LogP contribution in [-0.2, 0) is 23.2 Å². The van der Waals surface area contributed by atoms with Crippen LogP contribution >= 0.6 is 12.4 Å². The Hall–Kier alpha value is -2.15. The molecule has 220 valence electrons. The Labute approximate surface area is 242 Å². The molecule has 2 aromatic rings. The largest absolute Gasteiger partial charge is 0.489 e. The molecule has 6 nitrogen and oxygen atoms in total. The minimum absolute atomic E-state index is 0. The number of nitrogens with zero attached hydrogens (tertiary/aromatic N) is 1. The van der Waals surface area contributed by atoms with E-state index >= 15 is 0 Å². The Kier molecular flexibility index (Phi) is 15.1. The number of ether oxygens (including phenoxy) is 1. The zero-order valence-electron chi connectivity index (χ0n) is 25.1. The number of pyridine rings is 1. The standard InChI is InChI=1S/C32H51N3O3.ClH/c1-8-9-14-35-31(37)23(4)17-29(36)28(33)20-26(22(2)3)18-25-10-11-27(32(5,6)7)30(19-25)38-21-24-12-15-34-16-13-24;/h10-13,15-16,19,22-23,26,28-29,36H,8-9,14,17-18,20-21,33H2,1-7H3,(H,35,37);1H/t23-,26+,28+,29+;/m1./s1. The van der Waals surface area contributed by atoms with Crippen LogP contribution in [0.3, 0.4) is 0 Å². The van der Waals surface area contributed by atoms with E-state index in [1.54, 1.807) is 12.4 Å². The van der Waals surface area contributed by atoms with Crippen LogP contribution in [0.5, 0.6) is 5.75 Å². The van der Waals surface area contributed by atoms with Gasteiger partial charge in [-0.15, -0.1) is 12.4 Å². The van der Waals surface area contributed by atoms with Crippen molar-refractivity contribution in [2.24, 2.45) is 23.5 Å². The highest BCUT2D eigenvalue weighted by molar-refractivity contribution is 5.85. The molecule has 1 heterocycles. The fourth-order valence-electron chi connectivity index (χ4n) is 4.68. The average Bonchev–Trinajstić information content (AvgIpc) is 2.86. The quantitative estimate of drug-likeness (QED) is 0.224. The van der Waals surface area contributed by atoms with Gasteiger partial charge < -0.3 is 20.9 Å². The summed E-state index contributed by atoms with van der Waals surface area (Å²) in [5, 5.41) is 13.8. The number of nitrogens with two attached hydrogens (primary N) is 1. The maximum atomic E-state index is 12.3. The maximum Gasteiger partial charge on any atom is 0.222 e. The molecule has 4 atom stereocenters. The number of aromatic nitrogens is 1. The van der Waals surface area contributed by atoms with Crippen molar-refractivity contribution in [1.82, 2.24) is 10.3 Å². The van der Waals surface area contributed by atoms with Gasteiger partial charge in [-0.05, 0) is 77.8 Å². The molecule has 0 radical (unpaired) electrons. The van der Waals surface area contributed by atoms with Gasteiger partial charge in [-0.2, -0.15) is 0 Å². The van der Waals surface area contributed by atoms with Gasteiger partial charge in [0, 0.05) is 30.9 Å². The second-order valence-electron chi connectivity index (χ2n) is 12.2. The number of carbonyl (C=O) groups is 1. The number of rotatable bonds is 15. The zero-order valence-corrected chi connectivity index (χ0v) is 25.9. The number of halogens is 1. The predicted octanol–water partition coefficient (Wildman–Crippen LogP) is 6.22. The van der Waals surface area contributed by atoms with Crippen LogP contribution in [0, 0.1) is 17.8 Å². The lowest BCUT2D eigenvalue weighted by Gasteiger charge is -2.29. The van der Waals surface area contributed by atoms with Crippen molar-refractivity contribution < 1.29 is 14.6 Å². The molecule has 0 spiro atoms. The second kappa shape index (κ2) is 16.8. The van der Waals surface area contributed by atoms with Crippen molar-refractivity contribution in [2.75, 3.05) is 6.54 Å². The highest BCUT2D eigenvalue weighted by Crippen LogP contribution is 2.34. The number of aliphatic hydroxyl groups excluding tert-OH is 1. The topological polar surface area (TPSA) is 97.5 Å². The number of carbonyl (C=O) groups excluding carboxylic acids is 1. The van der Waals surface area contributed by atoms with Gasteiger partial charge in [0.15, 0.2) is 0 Å². The van der Waals surface area contributed by atoms with E-state index in [4.69, 9.17) is 10.5 Å². The molecular weight excluding hydrogens is 510 g/mol. The third kappa shape index (κ3) is 11.9. The number of nitrogens with one attached hydrogen (secondary N) is 1. The maximum absolute atomic E-state index is 12.3. The Balaban J connectivity index is 0.00000760. The van der Waals surface area contributed by atoms with E-state index in [0.29, 0.717) is 37.8 Å². The van der Waals surface area contributed by atoms with Gasteiger partial charge in [-0.1, -0.05) is 67.0 Å². The Morgan fingerprint density at radius 3 is 2.33 bits per heavy atom. The molecule has 7 heteroatoms. The van der Waals surface area contributed by atoms with E-state index in [1.165, 1.54) is 11.1 Å². The number of hydrogen-bond acceptors (Lipinski definition) is 5. The summed E-state index contributed by atoms with van der Waals surface area (Å²) in [6.07, 6.45) is 6.76. The average molecular weight is 562 g/mol. The lowest BCUT2D eigenvalue weighted by Crippen LogP contribution is -2.41. The predicted molar refractivity (Wildman–Crippen MR) is 163 cm³/mol. The molecule has 0 bridgehead atoms. The van der Waals surface area contributed by atoms with Gasteiger partial charge in [-0.25, -0.2) is 0 Å². The molecule has 0 saturated heterocycles. The molecule has 0 aliphatic rings. The van der Waals surface area contributed by atoms with E-state index in [0.717, 1.165) is 30.6 Å². The zero-order chi connectivity index (χ0) is 28.3. The number of benzene rings is 1. The van der Waals surface area contributed by atoms with Gasteiger partial charge in [0.1, 0.15) is 12.4 Å². The smallest absolute Gasteiger partial charge is 0.222 e. The summed E-state index contributed by atoms with van der Waals surface area (Å²) in [5.41, 5.74) is 9.90. The first-order valence-corrected chi connectivity index (χ1v) is 14.3. The van der Waals surface area contributed by atoms with Gasteiger partial charge in [0.05, 0.1) is 6.10 Å². The van der Waals surface area contributed by atoms with E-state index in [-0.39, 0.29) is 35.7 Å². The molecule has 4 N–H and O–H groups in total. The third-order valence-corrected chi connectivity index (χ3v) is 7.38. The van der Waals surface area contributed by atoms with Crippen LogP contribution in [0.4, 0.5) is 0 Å². The minimum atomic E-state index is -0.717. The first kappa shape index (κ1) is 34.9. The molecule has 39 heavy (non-hydrogen) atoms. The first-order chi connectivity index (χ1) is 17.9. The van der Waals surface area contributed by atoms with Crippen molar-refractivity contribution in [2.45, 2.75) is 105 Å². The number of unbranched alkanes of at least 4 members (excludes halogenated alkanes) is 1. The first-order valence-electron chi connectivity index (χ1n) is 14.3. The molecule has 0 fully saturated rings. The fourth-order valence-corrected chi connectivity index (χ4v) is 4.68. The van der Waals surface area contributed by atoms with Gasteiger partial charge in [0.25, 0.3) is 0 Å². The van der Waals surface area contributed by atoms with Crippen LogP contribution in [0.1, 0.15) is 90.8 Å². The number of amides is 1. The van der Waals surface area contributed by atoms with E-state index in [9.17, 15) is 9.90 Å². The molecule has 2 rings (SSSR count). The second-order valence-corrected chi connectivity index (χ2v) is 12.2. The number of aliphatic hydroxyl groups is 1. The molecule has 1 amide bonds. The summed E-state index contributed by atoms with van der Waals surface area (Å²) >= 11 is 0. The summed E-state index contributed by atoms with van der Waals surface area (Å²) < 4.78 is 6.32. The van der Waals surface area contributed by atoms with Crippen LogP contribution in [0.15, 0.2) is 42.7 Å². The van der Waals surface area contributed by atoms with Gasteiger partial charge >= 0.3 is 0 Å². The number of hydrogen-bond donors (Lipinski definition) is 3. The Morgan fingerprint density at radius 1 is 1.08 bits per heavy atom. The summed E-state index contributed by atoms with van der Waals surface area (Å²) in [6.45, 7) is 16.1. The van der Waals surface area contributed by atoms with Gasteiger partial charge in [0.2, 0.25) is 5.91 Å². The monoisotopic (exact) mass is 561 g/mol. The molecular formula is C32H52ClN3O3. The summed E-state index contributed by atoms with van der Waals surface area (Å²) in [7, 11) is 0. The normalized spacial score (nSPS) is 14.7.